The highest BCUT2D eigenvalue weighted by Crippen LogP contribution is 2.18. The molecule has 0 aromatic heterocycles. The van der Waals surface area contributed by atoms with E-state index in [2.05, 4.69) is 4.74 Å². The number of benzene rings is 1. The highest BCUT2D eigenvalue weighted by molar-refractivity contribution is 5.87. The molecule has 0 heterocycles. The van der Waals surface area contributed by atoms with Gasteiger partial charge in [-0.15, -0.1) is 0 Å². The van der Waals surface area contributed by atoms with E-state index in [-0.39, 0.29) is 5.97 Å². The lowest BCUT2D eigenvalue weighted by molar-refractivity contribution is -0.136. The Balaban J connectivity index is 2.69. The van der Waals surface area contributed by atoms with Crippen LogP contribution in [0.5, 0.6) is 11.5 Å². The third kappa shape index (κ3) is 3.83. The van der Waals surface area contributed by atoms with Crippen molar-refractivity contribution in [2.75, 3.05) is 14.2 Å². The normalized spacial score (nSPS) is 10.9. The maximum absolute atomic E-state index is 11.3. The largest absolute Gasteiger partial charge is 0.497 e. The predicted molar refractivity (Wildman–Crippen MR) is 64.0 cm³/mol. The van der Waals surface area contributed by atoms with Gasteiger partial charge in [-0.3, -0.25) is 0 Å². The molecule has 92 valence electrons. The monoisotopic (exact) mass is 236 g/mol. The summed E-state index contributed by atoms with van der Waals surface area (Å²) in [6, 6.07) is 7.10. The summed E-state index contributed by atoms with van der Waals surface area (Å²) in [5.74, 6) is 1.02. The molecule has 0 N–H and O–H groups in total. The standard InChI is InChI=1S/C13H16O4/c1-4-10(13(14)16-3)9-17-12-7-5-11(15-2)6-8-12/h5-9H,4H2,1-3H3/b10-9-. The van der Waals surface area contributed by atoms with E-state index >= 15 is 0 Å². The summed E-state index contributed by atoms with van der Waals surface area (Å²) < 4.78 is 15.0. The molecular formula is C13H16O4. The number of ether oxygens (including phenoxy) is 3. The van der Waals surface area contributed by atoms with Gasteiger partial charge < -0.3 is 14.2 Å². The molecular weight excluding hydrogens is 220 g/mol. The number of hydrogen-bond donors (Lipinski definition) is 0. The summed E-state index contributed by atoms with van der Waals surface area (Å²) in [6.45, 7) is 1.86. The Morgan fingerprint density at radius 2 is 1.76 bits per heavy atom. The highest BCUT2D eigenvalue weighted by Gasteiger charge is 2.07. The van der Waals surface area contributed by atoms with Crippen molar-refractivity contribution >= 4 is 5.97 Å². The third-order valence-electron chi connectivity index (χ3n) is 2.23. The Morgan fingerprint density at radius 1 is 1.18 bits per heavy atom. The summed E-state index contributed by atoms with van der Waals surface area (Å²) in [5.41, 5.74) is 0.489. The first-order valence-electron chi connectivity index (χ1n) is 5.29. The van der Waals surface area contributed by atoms with Crippen LogP contribution in [0.25, 0.3) is 0 Å². The van der Waals surface area contributed by atoms with E-state index in [1.54, 1.807) is 31.4 Å². The Bertz CT molecular complexity index is 392. The maximum atomic E-state index is 11.3. The van der Waals surface area contributed by atoms with Crippen LogP contribution in [0, 0.1) is 0 Å². The quantitative estimate of drug-likeness (QED) is 0.447. The van der Waals surface area contributed by atoms with Gasteiger partial charge in [0.2, 0.25) is 0 Å². The molecule has 0 aliphatic carbocycles. The second kappa shape index (κ2) is 6.58. The van der Waals surface area contributed by atoms with Crippen molar-refractivity contribution in [2.45, 2.75) is 13.3 Å². The Morgan fingerprint density at radius 3 is 2.24 bits per heavy atom. The molecule has 0 aliphatic rings. The van der Waals surface area contributed by atoms with Gasteiger partial charge in [-0.25, -0.2) is 4.79 Å². The summed E-state index contributed by atoms with van der Waals surface area (Å²) in [5, 5.41) is 0. The first kappa shape index (κ1) is 13.1. The van der Waals surface area contributed by atoms with E-state index < -0.39 is 0 Å². The summed E-state index contributed by atoms with van der Waals surface area (Å²) in [6.07, 6.45) is 1.97. The number of carbonyl (C=O) groups is 1. The average molecular weight is 236 g/mol. The number of methoxy groups -OCH3 is 2. The number of rotatable bonds is 5. The highest BCUT2D eigenvalue weighted by atomic mass is 16.5. The number of hydrogen-bond acceptors (Lipinski definition) is 4. The Labute approximate surface area is 101 Å². The molecule has 0 bridgehead atoms. The van der Waals surface area contributed by atoms with Crippen molar-refractivity contribution in [3.05, 3.63) is 36.1 Å². The van der Waals surface area contributed by atoms with Gasteiger partial charge in [-0.2, -0.15) is 0 Å². The van der Waals surface area contributed by atoms with Crippen LogP contribution in [-0.4, -0.2) is 20.2 Å². The van der Waals surface area contributed by atoms with Crippen molar-refractivity contribution in [1.82, 2.24) is 0 Å². The fraction of sp³-hybridized carbons (Fsp3) is 0.308. The molecule has 0 saturated heterocycles. The van der Waals surface area contributed by atoms with E-state index in [9.17, 15) is 4.79 Å². The van der Waals surface area contributed by atoms with Gasteiger partial charge in [0.1, 0.15) is 17.8 Å². The van der Waals surface area contributed by atoms with E-state index in [4.69, 9.17) is 9.47 Å². The van der Waals surface area contributed by atoms with Crippen LogP contribution in [0.15, 0.2) is 36.1 Å². The van der Waals surface area contributed by atoms with Crippen molar-refractivity contribution in [3.63, 3.8) is 0 Å². The fourth-order valence-corrected chi connectivity index (χ4v) is 1.20. The Hall–Kier alpha value is -1.97. The van der Waals surface area contributed by atoms with Gasteiger partial charge in [-0.1, -0.05) is 6.92 Å². The topological polar surface area (TPSA) is 44.8 Å². The molecule has 0 fully saturated rings. The molecule has 17 heavy (non-hydrogen) atoms. The Kier molecular flexibility index (Phi) is 5.07. The van der Waals surface area contributed by atoms with Crippen molar-refractivity contribution in [3.8, 4) is 11.5 Å². The smallest absolute Gasteiger partial charge is 0.336 e. The van der Waals surface area contributed by atoms with Crippen LogP contribution in [-0.2, 0) is 9.53 Å². The minimum Gasteiger partial charge on any atom is -0.497 e. The van der Waals surface area contributed by atoms with Crippen LogP contribution in [0.4, 0.5) is 0 Å². The fourth-order valence-electron chi connectivity index (χ4n) is 1.20. The van der Waals surface area contributed by atoms with Crippen LogP contribution < -0.4 is 9.47 Å². The zero-order chi connectivity index (χ0) is 12.7. The second-order valence-corrected chi connectivity index (χ2v) is 3.28. The molecule has 4 nitrogen and oxygen atoms in total. The van der Waals surface area contributed by atoms with Gasteiger partial charge >= 0.3 is 5.97 Å². The van der Waals surface area contributed by atoms with Crippen molar-refractivity contribution in [1.29, 1.82) is 0 Å². The molecule has 1 aromatic carbocycles. The molecule has 4 heteroatoms. The summed E-state index contributed by atoms with van der Waals surface area (Å²) >= 11 is 0. The SMILES string of the molecule is CC/C(=C/Oc1ccc(OC)cc1)C(=O)OC. The first-order chi connectivity index (χ1) is 8.21. The van der Waals surface area contributed by atoms with Gasteiger partial charge in [0.05, 0.1) is 19.8 Å². The molecule has 0 unspecified atom stereocenters. The molecule has 1 rings (SSSR count). The number of carbonyl (C=O) groups excluding carboxylic acids is 1. The van der Waals surface area contributed by atoms with Crippen LogP contribution in [0.1, 0.15) is 13.3 Å². The van der Waals surface area contributed by atoms with Gasteiger partial charge in [-0.05, 0) is 30.7 Å². The number of esters is 1. The molecule has 0 atom stereocenters. The minimum atomic E-state index is -0.374. The summed E-state index contributed by atoms with van der Waals surface area (Å²) in [4.78, 5) is 11.3. The third-order valence-corrected chi connectivity index (χ3v) is 2.23. The molecule has 0 amide bonds. The second-order valence-electron chi connectivity index (χ2n) is 3.28. The zero-order valence-electron chi connectivity index (χ0n) is 10.2. The lowest BCUT2D eigenvalue weighted by Gasteiger charge is -2.05. The van der Waals surface area contributed by atoms with E-state index in [1.165, 1.54) is 13.4 Å². The molecule has 0 aliphatic heterocycles. The zero-order valence-corrected chi connectivity index (χ0v) is 10.2. The van der Waals surface area contributed by atoms with E-state index in [1.807, 2.05) is 6.92 Å². The van der Waals surface area contributed by atoms with Crippen LogP contribution >= 0.6 is 0 Å². The van der Waals surface area contributed by atoms with Crippen molar-refractivity contribution < 1.29 is 19.0 Å². The van der Waals surface area contributed by atoms with E-state index in [0.29, 0.717) is 17.7 Å². The maximum Gasteiger partial charge on any atom is 0.336 e. The summed E-state index contributed by atoms with van der Waals surface area (Å²) in [7, 11) is 2.95. The van der Waals surface area contributed by atoms with E-state index in [0.717, 1.165) is 5.75 Å². The first-order valence-corrected chi connectivity index (χ1v) is 5.29. The van der Waals surface area contributed by atoms with Crippen LogP contribution in [0.3, 0.4) is 0 Å². The molecule has 0 saturated carbocycles. The molecule has 0 spiro atoms. The van der Waals surface area contributed by atoms with Crippen LogP contribution in [0.2, 0.25) is 0 Å². The van der Waals surface area contributed by atoms with Gasteiger partial charge in [0.15, 0.2) is 0 Å². The molecule has 0 radical (unpaired) electrons. The average Bonchev–Trinajstić information content (AvgIpc) is 2.39. The van der Waals surface area contributed by atoms with Crippen molar-refractivity contribution in [2.24, 2.45) is 0 Å². The molecule has 1 aromatic rings. The minimum absolute atomic E-state index is 0.374. The lowest BCUT2D eigenvalue weighted by atomic mass is 10.2. The van der Waals surface area contributed by atoms with Gasteiger partial charge in [0, 0.05) is 0 Å². The van der Waals surface area contributed by atoms with Gasteiger partial charge in [0.25, 0.3) is 0 Å². The predicted octanol–water partition coefficient (Wildman–Crippen LogP) is 2.54. The lowest BCUT2D eigenvalue weighted by Crippen LogP contribution is -2.05.